The highest BCUT2D eigenvalue weighted by Gasteiger charge is 2.12. The molecule has 0 spiro atoms. The zero-order valence-electron chi connectivity index (χ0n) is 13.2. The van der Waals surface area contributed by atoms with Crippen LogP contribution in [-0.2, 0) is 4.79 Å². The smallest absolute Gasteiger partial charge is 0.223 e. The minimum atomic E-state index is 0.0620. The molecule has 1 unspecified atom stereocenters. The van der Waals surface area contributed by atoms with Crippen LogP contribution in [0.1, 0.15) is 31.2 Å². The molecule has 1 atom stereocenters. The van der Waals surface area contributed by atoms with Crippen molar-refractivity contribution >= 4 is 21.8 Å². The number of carbonyl (C=O) groups is 1. The molecular formula is C17H25BrN2O2. The highest BCUT2D eigenvalue weighted by atomic mass is 79.9. The summed E-state index contributed by atoms with van der Waals surface area (Å²) in [7, 11) is 0. The summed E-state index contributed by atoms with van der Waals surface area (Å²) in [6.45, 7) is 5.41. The predicted octanol–water partition coefficient (Wildman–Crippen LogP) is 3.03. The molecule has 22 heavy (non-hydrogen) atoms. The summed E-state index contributed by atoms with van der Waals surface area (Å²) < 4.78 is 6.57. The van der Waals surface area contributed by atoms with E-state index in [4.69, 9.17) is 4.74 Å². The molecule has 0 bridgehead atoms. The number of hydrogen-bond acceptors (Lipinski definition) is 3. The third-order valence-corrected chi connectivity index (χ3v) is 4.57. The van der Waals surface area contributed by atoms with Crippen LogP contribution in [0.25, 0.3) is 0 Å². The van der Waals surface area contributed by atoms with Gasteiger partial charge >= 0.3 is 0 Å². The molecule has 1 amide bonds. The molecule has 122 valence electrons. The van der Waals surface area contributed by atoms with E-state index >= 15 is 0 Å². The van der Waals surface area contributed by atoms with E-state index in [1.807, 2.05) is 25.1 Å². The lowest BCUT2D eigenvalue weighted by Crippen LogP contribution is -2.33. The Labute approximate surface area is 141 Å². The van der Waals surface area contributed by atoms with Crippen molar-refractivity contribution in [3.05, 3.63) is 28.2 Å². The van der Waals surface area contributed by atoms with E-state index in [0.717, 1.165) is 36.3 Å². The Morgan fingerprint density at radius 1 is 1.50 bits per heavy atom. The van der Waals surface area contributed by atoms with Crippen LogP contribution in [0, 0.1) is 12.8 Å². The summed E-state index contributed by atoms with van der Waals surface area (Å²) in [5, 5.41) is 6.38. The maximum Gasteiger partial charge on any atom is 0.223 e. The maximum atomic E-state index is 11.8. The zero-order valence-corrected chi connectivity index (χ0v) is 14.7. The lowest BCUT2D eigenvalue weighted by molar-refractivity contribution is -0.121. The van der Waals surface area contributed by atoms with Crippen LogP contribution in [0.15, 0.2) is 22.7 Å². The van der Waals surface area contributed by atoms with Crippen molar-refractivity contribution in [2.75, 3.05) is 26.2 Å². The number of amides is 1. The first-order valence-electron chi connectivity index (χ1n) is 8.01. The molecule has 0 aromatic heterocycles. The molecule has 1 saturated heterocycles. The molecular weight excluding hydrogens is 344 g/mol. The quantitative estimate of drug-likeness (QED) is 0.777. The molecule has 2 rings (SSSR count). The molecule has 0 aliphatic carbocycles. The topological polar surface area (TPSA) is 50.4 Å². The summed E-state index contributed by atoms with van der Waals surface area (Å²) >= 11 is 3.47. The van der Waals surface area contributed by atoms with E-state index in [2.05, 4.69) is 26.6 Å². The van der Waals surface area contributed by atoms with Crippen LogP contribution in [0.2, 0.25) is 0 Å². The predicted molar refractivity (Wildman–Crippen MR) is 92.2 cm³/mol. The van der Waals surface area contributed by atoms with Gasteiger partial charge in [-0.3, -0.25) is 4.79 Å². The largest absolute Gasteiger partial charge is 0.492 e. The SMILES string of the molecule is Cc1ccc(OCCC(=O)NCCC2CCCNC2)c(Br)c1. The number of benzene rings is 1. The number of aryl methyl sites for hydroxylation is 1. The Kier molecular flexibility index (Phi) is 7.19. The standard InChI is InChI=1S/C17H25BrN2O2/c1-13-4-5-16(15(18)11-13)22-10-7-17(21)20-9-6-14-3-2-8-19-12-14/h4-5,11,14,19H,2-3,6-10,12H2,1H3,(H,20,21). The van der Waals surface area contributed by atoms with Crippen LogP contribution in [0.4, 0.5) is 0 Å². The van der Waals surface area contributed by atoms with Crippen LogP contribution >= 0.6 is 15.9 Å². The van der Waals surface area contributed by atoms with Crippen LogP contribution in [-0.4, -0.2) is 32.1 Å². The molecule has 0 saturated carbocycles. The molecule has 1 heterocycles. The maximum absolute atomic E-state index is 11.8. The van der Waals surface area contributed by atoms with Crippen molar-refractivity contribution in [1.29, 1.82) is 0 Å². The van der Waals surface area contributed by atoms with Gasteiger partial charge in [-0.25, -0.2) is 0 Å². The van der Waals surface area contributed by atoms with Gasteiger partial charge in [-0.2, -0.15) is 0 Å². The van der Waals surface area contributed by atoms with E-state index < -0.39 is 0 Å². The van der Waals surface area contributed by atoms with E-state index in [1.165, 1.54) is 18.4 Å². The van der Waals surface area contributed by atoms with Crippen molar-refractivity contribution in [3.63, 3.8) is 0 Å². The second kappa shape index (κ2) is 9.16. The van der Waals surface area contributed by atoms with Crippen molar-refractivity contribution in [2.24, 2.45) is 5.92 Å². The molecule has 1 aliphatic rings. The normalized spacial score (nSPS) is 18.0. The van der Waals surface area contributed by atoms with Crippen LogP contribution in [0.5, 0.6) is 5.75 Å². The average molecular weight is 369 g/mol. The van der Waals surface area contributed by atoms with Crippen molar-refractivity contribution in [2.45, 2.75) is 32.6 Å². The number of ether oxygens (including phenoxy) is 1. The van der Waals surface area contributed by atoms with Gasteiger partial charge in [0.05, 0.1) is 17.5 Å². The summed E-state index contributed by atoms with van der Waals surface area (Å²) in [4.78, 5) is 11.8. The first-order chi connectivity index (χ1) is 10.6. The first-order valence-corrected chi connectivity index (χ1v) is 8.81. The number of nitrogens with one attached hydrogen (secondary N) is 2. The molecule has 4 nitrogen and oxygen atoms in total. The summed E-state index contributed by atoms with van der Waals surface area (Å²) in [5.74, 6) is 1.55. The van der Waals surface area contributed by atoms with E-state index in [1.54, 1.807) is 0 Å². The van der Waals surface area contributed by atoms with Crippen molar-refractivity contribution in [3.8, 4) is 5.75 Å². The van der Waals surface area contributed by atoms with Gasteiger partial charge in [-0.1, -0.05) is 6.07 Å². The highest BCUT2D eigenvalue weighted by Crippen LogP contribution is 2.25. The molecule has 1 aromatic rings. The van der Waals surface area contributed by atoms with Gasteiger partial charge < -0.3 is 15.4 Å². The number of carbonyl (C=O) groups excluding carboxylic acids is 1. The minimum Gasteiger partial charge on any atom is -0.492 e. The third-order valence-electron chi connectivity index (χ3n) is 3.95. The Hall–Kier alpha value is -1.07. The van der Waals surface area contributed by atoms with Crippen molar-refractivity contribution in [1.82, 2.24) is 10.6 Å². The Balaban J connectivity index is 1.59. The summed E-state index contributed by atoms with van der Waals surface area (Å²) in [6, 6.07) is 5.93. The zero-order chi connectivity index (χ0) is 15.8. The Morgan fingerprint density at radius 3 is 3.09 bits per heavy atom. The lowest BCUT2D eigenvalue weighted by atomic mass is 9.96. The Morgan fingerprint density at radius 2 is 2.36 bits per heavy atom. The van der Waals surface area contributed by atoms with Gasteiger partial charge in [0.15, 0.2) is 0 Å². The fourth-order valence-electron chi connectivity index (χ4n) is 2.65. The highest BCUT2D eigenvalue weighted by molar-refractivity contribution is 9.10. The number of hydrogen-bond donors (Lipinski definition) is 2. The van der Waals surface area contributed by atoms with Gasteiger partial charge in [0, 0.05) is 6.54 Å². The monoisotopic (exact) mass is 368 g/mol. The Bertz CT molecular complexity index is 488. The van der Waals surface area contributed by atoms with Gasteiger partial charge in [0.1, 0.15) is 5.75 Å². The minimum absolute atomic E-state index is 0.0620. The van der Waals surface area contributed by atoms with E-state index in [-0.39, 0.29) is 5.91 Å². The summed E-state index contributed by atoms with van der Waals surface area (Å²) in [5.41, 5.74) is 1.18. The lowest BCUT2D eigenvalue weighted by Gasteiger charge is -2.22. The van der Waals surface area contributed by atoms with E-state index in [9.17, 15) is 4.79 Å². The molecule has 2 N–H and O–H groups in total. The van der Waals surface area contributed by atoms with Crippen LogP contribution < -0.4 is 15.4 Å². The fraction of sp³-hybridized carbons (Fsp3) is 0.588. The summed E-state index contributed by atoms with van der Waals surface area (Å²) in [6.07, 6.45) is 3.97. The first kappa shape index (κ1) is 17.3. The van der Waals surface area contributed by atoms with Gasteiger partial charge in [0.25, 0.3) is 0 Å². The average Bonchev–Trinajstić information content (AvgIpc) is 2.50. The van der Waals surface area contributed by atoms with Gasteiger partial charge in [-0.15, -0.1) is 0 Å². The molecule has 5 heteroatoms. The number of piperidine rings is 1. The van der Waals surface area contributed by atoms with Crippen LogP contribution in [0.3, 0.4) is 0 Å². The number of rotatable bonds is 7. The molecule has 1 fully saturated rings. The number of halogens is 1. The van der Waals surface area contributed by atoms with Gasteiger partial charge in [0.2, 0.25) is 5.91 Å². The molecule has 1 aromatic carbocycles. The fourth-order valence-corrected chi connectivity index (χ4v) is 3.26. The second-order valence-corrected chi connectivity index (χ2v) is 6.74. The van der Waals surface area contributed by atoms with E-state index in [0.29, 0.717) is 18.9 Å². The van der Waals surface area contributed by atoms with Gasteiger partial charge in [-0.05, 0) is 78.8 Å². The second-order valence-electron chi connectivity index (χ2n) is 5.88. The third kappa shape index (κ3) is 5.97. The molecule has 0 radical (unpaired) electrons. The van der Waals surface area contributed by atoms with Crippen molar-refractivity contribution < 1.29 is 9.53 Å². The molecule has 1 aliphatic heterocycles.